The van der Waals surface area contributed by atoms with Crippen LogP contribution in [0.5, 0.6) is 0 Å². The fourth-order valence-electron chi connectivity index (χ4n) is 3.00. The predicted octanol–water partition coefficient (Wildman–Crippen LogP) is 6.61. The fourth-order valence-corrected chi connectivity index (χ4v) is 3.00. The average Bonchev–Trinajstić information content (AvgIpc) is 2.64. The van der Waals surface area contributed by atoms with Crippen molar-refractivity contribution in [1.29, 1.82) is 0 Å². The second kappa shape index (κ2) is 16.1. The van der Waals surface area contributed by atoms with Gasteiger partial charge in [0.2, 0.25) is 0 Å². The quantitative estimate of drug-likeness (QED) is 0.249. The highest BCUT2D eigenvalue weighted by molar-refractivity contribution is 5.69. The summed E-state index contributed by atoms with van der Waals surface area (Å²) < 4.78 is 5.23. The molecule has 0 amide bonds. The summed E-state index contributed by atoms with van der Waals surface area (Å²) in [6, 6.07) is 5.64. The van der Waals surface area contributed by atoms with Crippen molar-refractivity contribution in [2.24, 2.45) is 0 Å². The normalized spacial score (nSPS) is 10.8. The summed E-state index contributed by atoms with van der Waals surface area (Å²) in [5, 5.41) is 0. The molecule has 1 aromatic heterocycles. The van der Waals surface area contributed by atoms with E-state index in [1.165, 1.54) is 70.6 Å². The zero-order chi connectivity index (χ0) is 18.0. The van der Waals surface area contributed by atoms with E-state index in [0.29, 0.717) is 6.42 Å². The number of hydrogen-bond acceptors (Lipinski definition) is 3. The number of carbonyl (C=O) groups is 1. The molecule has 0 fully saturated rings. The van der Waals surface area contributed by atoms with Crippen molar-refractivity contribution in [2.45, 2.75) is 103 Å². The minimum Gasteiger partial charge on any atom is -0.459 e. The Balaban J connectivity index is 1.80. The lowest BCUT2D eigenvalue weighted by Gasteiger charge is -2.05. The van der Waals surface area contributed by atoms with Crippen molar-refractivity contribution in [1.82, 2.24) is 4.98 Å². The smallest absolute Gasteiger partial charge is 0.306 e. The maximum atomic E-state index is 11.7. The van der Waals surface area contributed by atoms with Gasteiger partial charge >= 0.3 is 5.97 Å². The van der Waals surface area contributed by atoms with Gasteiger partial charge in [-0.2, -0.15) is 0 Å². The molecule has 3 heteroatoms. The third kappa shape index (κ3) is 13.6. The van der Waals surface area contributed by atoms with Crippen LogP contribution in [0.3, 0.4) is 0 Å². The number of carbonyl (C=O) groups excluding carboxylic acids is 1. The van der Waals surface area contributed by atoms with Crippen LogP contribution in [-0.2, 0) is 16.1 Å². The van der Waals surface area contributed by atoms with Gasteiger partial charge in [-0.15, -0.1) is 0 Å². The van der Waals surface area contributed by atoms with E-state index in [2.05, 4.69) is 11.9 Å². The van der Waals surface area contributed by atoms with Gasteiger partial charge in [0.15, 0.2) is 0 Å². The summed E-state index contributed by atoms with van der Waals surface area (Å²) in [6.45, 7) is 2.56. The van der Waals surface area contributed by atoms with Crippen molar-refractivity contribution in [3.05, 3.63) is 30.1 Å². The van der Waals surface area contributed by atoms with Gasteiger partial charge in [-0.3, -0.25) is 9.78 Å². The Morgan fingerprint density at radius 1 is 0.840 bits per heavy atom. The summed E-state index contributed by atoms with van der Waals surface area (Å²) in [5.41, 5.74) is 0.807. The third-order valence-electron chi connectivity index (χ3n) is 4.59. The Hall–Kier alpha value is -1.38. The average molecular weight is 348 g/mol. The SMILES string of the molecule is CCCCCCCCCCCCCCCC(=O)OCc1ccccn1. The minimum absolute atomic E-state index is 0.103. The van der Waals surface area contributed by atoms with Crippen LogP contribution >= 0.6 is 0 Å². The van der Waals surface area contributed by atoms with E-state index >= 15 is 0 Å². The topological polar surface area (TPSA) is 39.2 Å². The lowest BCUT2D eigenvalue weighted by atomic mass is 10.0. The molecular weight excluding hydrogens is 310 g/mol. The summed E-state index contributed by atoms with van der Waals surface area (Å²) in [5.74, 6) is -0.103. The number of unbranched alkanes of at least 4 members (excludes halogenated alkanes) is 12. The maximum absolute atomic E-state index is 11.7. The molecule has 0 saturated heterocycles. The summed E-state index contributed by atoms with van der Waals surface area (Å²) in [7, 11) is 0. The molecule has 1 heterocycles. The van der Waals surface area contributed by atoms with Gasteiger partial charge in [-0.1, -0.05) is 90.0 Å². The maximum Gasteiger partial charge on any atom is 0.306 e. The van der Waals surface area contributed by atoms with Crippen molar-refractivity contribution in [3.8, 4) is 0 Å². The van der Waals surface area contributed by atoms with Crippen LogP contribution in [0, 0.1) is 0 Å². The standard InChI is InChI=1S/C22H37NO2/c1-2-3-4-5-6-7-8-9-10-11-12-13-14-18-22(24)25-20-21-17-15-16-19-23-21/h15-17,19H,2-14,18,20H2,1H3. The Bertz CT molecular complexity index is 419. The first-order chi connectivity index (χ1) is 12.3. The lowest BCUT2D eigenvalue weighted by Crippen LogP contribution is -2.05. The Kier molecular flexibility index (Phi) is 14.0. The van der Waals surface area contributed by atoms with Crippen molar-refractivity contribution in [2.75, 3.05) is 0 Å². The molecule has 0 radical (unpaired) electrons. The highest BCUT2D eigenvalue weighted by Gasteiger charge is 2.03. The van der Waals surface area contributed by atoms with Crippen LogP contribution < -0.4 is 0 Å². The number of ether oxygens (including phenoxy) is 1. The molecule has 0 aliphatic heterocycles. The Labute approximate surface area is 154 Å². The van der Waals surface area contributed by atoms with Gasteiger partial charge in [0.1, 0.15) is 6.61 Å². The predicted molar refractivity (Wildman–Crippen MR) is 104 cm³/mol. The number of pyridine rings is 1. The van der Waals surface area contributed by atoms with E-state index in [1.54, 1.807) is 6.20 Å². The van der Waals surface area contributed by atoms with Gasteiger partial charge in [-0.25, -0.2) is 0 Å². The summed E-state index contributed by atoms with van der Waals surface area (Å²) in [6.07, 6.45) is 19.4. The molecule has 0 saturated carbocycles. The highest BCUT2D eigenvalue weighted by Crippen LogP contribution is 2.13. The van der Waals surface area contributed by atoms with Crippen molar-refractivity contribution < 1.29 is 9.53 Å². The van der Waals surface area contributed by atoms with Crippen molar-refractivity contribution in [3.63, 3.8) is 0 Å². The Morgan fingerprint density at radius 3 is 1.92 bits per heavy atom. The minimum atomic E-state index is -0.103. The van der Waals surface area contributed by atoms with Crippen LogP contribution in [0.15, 0.2) is 24.4 Å². The second-order valence-electron chi connectivity index (χ2n) is 6.97. The number of esters is 1. The van der Waals surface area contributed by atoms with Gasteiger partial charge in [0, 0.05) is 12.6 Å². The first-order valence-corrected chi connectivity index (χ1v) is 10.4. The number of aromatic nitrogens is 1. The monoisotopic (exact) mass is 347 g/mol. The van der Waals surface area contributed by atoms with Gasteiger partial charge in [0.05, 0.1) is 5.69 Å². The molecule has 0 unspecified atom stereocenters. The van der Waals surface area contributed by atoms with Crippen LogP contribution in [0.25, 0.3) is 0 Å². The lowest BCUT2D eigenvalue weighted by molar-refractivity contribution is -0.145. The number of nitrogens with zero attached hydrogens (tertiary/aromatic N) is 1. The molecule has 0 aliphatic rings. The molecule has 0 atom stereocenters. The molecule has 0 spiro atoms. The third-order valence-corrected chi connectivity index (χ3v) is 4.59. The van der Waals surface area contributed by atoms with Gasteiger partial charge < -0.3 is 4.74 Å². The van der Waals surface area contributed by atoms with Crippen molar-refractivity contribution >= 4 is 5.97 Å². The van der Waals surface area contributed by atoms with Crippen LogP contribution in [0.4, 0.5) is 0 Å². The van der Waals surface area contributed by atoms with E-state index in [-0.39, 0.29) is 12.6 Å². The largest absolute Gasteiger partial charge is 0.459 e. The van der Waals surface area contributed by atoms with Gasteiger partial charge in [0.25, 0.3) is 0 Å². The molecule has 0 N–H and O–H groups in total. The number of rotatable bonds is 16. The van der Waals surface area contributed by atoms with E-state index < -0.39 is 0 Å². The van der Waals surface area contributed by atoms with E-state index in [0.717, 1.165) is 18.5 Å². The van der Waals surface area contributed by atoms with Crippen LogP contribution in [-0.4, -0.2) is 11.0 Å². The molecule has 142 valence electrons. The molecule has 1 aromatic rings. The van der Waals surface area contributed by atoms with Crippen LogP contribution in [0.1, 0.15) is 103 Å². The summed E-state index contributed by atoms with van der Waals surface area (Å²) in [4.78, 5) is 15.8. The molecule has 0 aromatic carbocycles. The van der Waals surface area contributed by atoms with E-state index in [1.807, 2.05) is 18.2 Å². The zero-order valence-electron chi connectivity index (χ0n) is 16.2. The zero-order valence-corrected chi connectivity index (χ0v) is 16.2. The second-order valence-corrected chi connectivity index (χ2v) is 6.97. The molecule has 1 rings (SSSR count). The molecule has 0 bridgehead atoms. The van der Waals surface area contributed by atoms with Gasteiger partial charge in [-0.05, 0) is 18.6 Å². The first kappa shape index (κ1) is 21.7. The highest BCUT2D eigenvalue weighted by atomic mass is 16.5. The fraction of sp³-hybridized carbons (Fsp3) is 0.727. The molecule has 3 nitrogen and oxygen atoms in total. The van der Waals surface area contributed by atoms with E-state index in [9.17, 15) is 4.79 Å². The Morgan fingerprint density at radius 2 is 1.40 bits per heavy atom. The van der Waals surface area contributed by atoms with E-state index in [4.69, 9.17) is 4.74 Å². The molecular formula is C22H37NO2. The number of hydrogen-bond donors (Lipinski definition) is 0. The molecule has 25 heavy (non-hydrogen) atoms. The first-order valence-electron chi connectivity index (χ1n) is 10.4. The van der Waals surface area contributed by atoms with Crippen LogP contribution in [0.2, 0.25) is 0 Å². The molecule has 0 aliphatic carbocycles. The summed E-state index contributed by atoms with van der Waals surface area (Å²) >= 11 is 0.